The van der Waals surface area contributed by atoms with Crippen LogP contribution in [0.3, 0.4) is 0 Å². The zero-order chi connectivity index (χ0) is 21.6. The zero-order valence-electron chi connectivity index (χ0n) is 16.3. The van der Waals surface area contributed by atoms with Crippen LogP contribution >= 0.6 is 12.2 Å². The molecule has 2 aromatic rings. The molecule has 0 bridgehead atoms. The van der Waals surface area contributed by atoms with Crippen molar-refractivity contribution in [1.82, 2.24) is 9.80 Å². The van der Waals surface area contributed by atoms with Gasteiger partial charge in [-0.1, -0.05) is 24.3 Å². The molecule has 1 N–H and O–H groups in total. The number of halogens is 4. The van der Waals surface area contributed by atoms with Crippen LogP contribution < -0.4 is 5.32 Å². The smallest absolute Gasteiger partial charge is 0.379 e. The van der Waals surface area contributed by atoms with Crippen LogP contribution in [0.4, 0.5) is 23.2 Å². The minimum atomic E-state index is -4.49. The first-order chi connectivity index (χ1) is 14.3. The molecule has 0 saturated carbocycles. The zero-order valence-corrected chi connectivity index (χ0v) is 17.1. The van der Waals surface area contributed by atoms with E-state index in [9.17, 15) is 17.6 Å². The standard InChI is InChI=1S/C21H23F4N3OS/c22-17-7-5-16(6-8-17)15-28(10-9-27-11-13-29-14-12-27)20(30)26-19-4-2-1-3-18(19)21(23,24)25/h1-8H,9-15H2,(H,26,30). The summed E-state index contributed by atoms with van der Waals surface area (Å²) in [5.41, 5.74) is -0.0561. The third-order valence-electron chi connectivity index (χ3n) is 4.84. The molecule has 0 aliphatic carbocycles. The first kappa shape index (κ1) is 22.5. The number of nitrogens with zero attached hydrogens (tertiary/aromatic N) is 2. The van der Waals surface area contributed by atoms with Crippen molar-refractivity contribution in [2.45, 2.75) is 12.7 Å². The van der Waals surface area contributed by atoms with Crippen molar-refractivity contribution in [1.29, 1.82) is 0 Å². The Bertz CT molecular complexity index is 839. The molecule has 0 radical (unpaired) electrons. The monoisotopic (exact) mass is 441 g/mol. The number of para-hydroxylation sites is 1. The summed E-state index contributed by atoms with van der Waals surface area (Å²) in [6.45, 7) is 4.44. The molecule has 1 saturated heterocycles. The summed E-state index contributed by atoms with van der Waals surface area (Å²) >= 11 is 5.46. The third kappa shape index (κ3) is 6.38. The molecule has 0 amide bonds. The number of hydrogen-bond donors (Lipinski definition) is 1. The molecule has 0 spiro atoms. The fourth-order valence-electron chi connectivity index (χ4n) is 3.18. The molecule has 3 rings (SSSR count). The van der Waals surface area contributed by atoms with Gasteiger partial charge in [0, 0.05) is 32.7 Å². The summed E-state index contributed by atoms with van der Waals surface area (Å²) in [6, 6.07) is 11.2. The number of alkyl halides is 3. The Hall–Kier alpha value is -2.23. The first-order valence-electron chi connectivity index (χ1n) is 9.59. The minimum Gasteiger partial charge on any atom is -0.379 e. The molecule has 0 atom stereocenters. The lowest BCUT2D eigenvalue weighted by molar-refractivity contribution is -0.136. The Morgan fingerprint density at radius 3 is 2.40 bits per heavy atom. The van der Waals surface area contributed by atoms with E-state index in [0.29, 0.717) is 32.8 Å². The number of benzene rings is 2. The summed E-state index contributed by atoms with van der Waals surface area (Å²) in [4.78, 5) is 4.01. The van der Waals surface area contributed by atoms with E-state index in [1.807, 2.05) is 0 Å². The maximum atomic E-state index is 13.3. The van der Waals surface area contributed by atoms with Gasteiger partial charge in [-0.05, 0) is 42.0 Å². The van der Waals surface area contributed by atoms with Crippen LogP contribution in [0.2, 0.25) is 0 Å². The number of morpholine rings is 1. The third-order valence-corrected chi connectivity index (χ3v) is 5.20. The average molecular weight is 441 g/mol. The van der Waals surface area contributed by atoms with E-state index >= 15 is 0 Å². The van der Waals surface area contributed by atoms with Crippen LogP contribution in [-0.4, -0.2) is 54.3 Å². The van der Waals surface area contributed by atoms with Gasteiger partial charge < -0.3 is 15.0 Å². The Morgan fingerprint density at radius 2 is 1.73 bits per heavy atom. The van der Waals surface area contributed by atoms with Crippen molar-refractivity contribution in [2.24, 2.45) is 0 Å². The molecule has 1 fully saturated rings. The van der Waals surface area contributed by atoms with Crippen molar-refractivity contribution < 1.29 is 22.3 Å². The average Bonchev–Trinajstić information content (AvgIpc) is 2.73. The molecule has 1 heterocycles. The summed E-state index contributed by atoms with van der Waals surface area (Å²) in [6.07, 6.45) is -4.49. The van der Waals surface area contributed by atoms with Gasteiger partial charge >= 0.3 is 6.18 Å². The van der Waals surface area contributed by atoms with E-state index in [1.54, 1.807) is 17.0 Å². The maximum Gasteiger partial charge on any atom is 0.418 e. The van der Waals surface area contributed by atoms with Gasteiger partial charge in [0.25, 0.3) is 0 Å². The van der Waals surface area contributed by atoms with Gasteiger partial charge in [0.05, 0.1) is 24.5 Å². The Kier molecular flexibility index (Phi) is 7.63. The largest absolute Gasteiger partial charge is 0.418 e. The first-order valence-corrected chi connectivity index (χ1v) is 10.0. The maximum absolute atomic E-state index is 13.3. The predicted octanol–water partition coefficient (Wildman–Crippen LogP) is 4.38. The summed E-state index contributed by atoms with van der Waals surface area (Å²) in [5.74, 6) is -0.349. The van der Waals surface area contributed by atoms with Gasteiger partial charge in [-0.15, -0.1) is 0 Å². The van der Waals surface area contributed by atoms with Crippen LogP contribution in [0, 0.1) is 5.82 Å². The van der Waals surface area contributed by atoms with Gasteiger partial charge in [0.1, 0.15) is 5.82 Å². The number of thiocarbonyl (C=S) groups is 1. The number of ether oxygens (including phenoxy) is 1. The van der Waals surface area contributed by atoms with Crippen molar-refractivity contribution >= 4 is 23.0 Å². The van der Waals surface area contributed by atoms with E-state index in [-0.39, 0.29) is 16.6 Å². The molecular formula is C21H23F4N3OS. The Balaban J connectivity index is 1.74. The Labute approximate surface area is 178 Å². The number of rotatable bonds is 6. The van der Waals surface area contributed by atoms with E-state index in [2.05, 4.69) is 10.2 Å². The van der Waals surface area contributed by atoms with Crippen LogP contribution in [0.1, 0.15) is 11.1 Å². The van der Waals surface area contributed by atoms with Crippen LogP contribution in [0.15, 0.2) is 48.5 Å². The predicted molar refractivity (Wildman–Crippen MR) is 112 cm³/mol. The highest BCUT2D eigenvalue weighted by Gasteiger charge is 2.33. The lowest BCUT2D eigenvalue weighted by atomic mass is 10.1. The molecular weight excluding hydrogens is 418 g/mol. The number of nitrogens with one attached hydrogen (secondary N) is 1. The summed E-state index contributed by atoms with van der Waals surface area (Å²) in [7, 11) is 0. The second kappa shape index (κ2) is 10.2. The second-order valence-electron chi connectivity index (χ2n) is 6.98. The molecule has 162 valence electrons. The van der Waals surface area contributed by atoms with Gasteiger partial charge in [-0.3, -0.25) is 4.90 Å². The molecule has 9 heteroatoms. The second-order valence-corrected chi connectivity index (χ2v) is 7.36. The number of hydrogen-bond acceptors (Lipinski definition) is 3. The van der Waals surface area contributed by atoms with Crippen LogP contribution in [0.25, 0.3) is 0 Å². The van der Waals surface area contributed by atoms with E-state index in [1.165, 1.54) is 30.3 Å². The molecule has 1 aliphatic heterocycles. The van der Waals surface area contributed by atoms with Crippen molar-refractivity contribution in [2.75, 3.05) is 44.7 Å². The normalized spacial score (nSPS) is 15.1. The number of anilines is 1. The Morgan fingerprint density at radius 1 is 1.07 bits per heavy atom. The van der Waals surface area contributed by atoms with Gasteiger partial charge in [0.2, 0.25) is 0 Å². The van der Waals surface area contributed by atoms with Gasteiger partial charge in [-0.2, -0.15) is 13.2 Å². The molecule has 1 aliphatic rings. The molecule has 0 unspecified atom stereocenters. The van der Waals surface area contributed by atoms with Gasteiger partial charge in [0.15, 0.2) is 5.11 Å². The molecule has 0 aromatic heterocycles. The SMILES string of the molecule is Fc1ccc(CN(CCN2CCOCC2)C(=S)Nc2ccccc2C(F)(F)F)cc1. The molecule has 30 heavy (non-hydrogen) atoms. The fourth-order valence-corrected chi connectivity index (χ4v) is 3.45. The lowest BCUT2D eigenvalue weighted by Crippen LogP contribution is -2.44. The van der Waals surface area contributed by atoms with Crippen LogP contribution in [0.5, 0.6) is 0 Å². The summed E-state index contributed by atoms with van der Waals surface area (Å²) < 4.78 is 58.6. The van der Waals surface area contributed by atoms with E-state index in [0.717, 1.165) is 24.7 Å². The lowest BCUT2D eigenvalue weighted by Gasteiger charge is -2.31. The van der Waals surface area contributed by atoms with Crippen molar-refractivity contribution in [3.63, 3.8) is 0 Å². The van der Waals surface area contributed by atoms with Crippen LogP contribution in [-0.2, 0) is 17.5 Å². The molecule has 2 aromatic carbocycles. The molecule has 4 nitrogen and oxygen atoms in total. The van der Waals surface area contributed by atoms with Crippen molar-refractivity contribution in [3.8, 4) is 0 Å². The van der Waals surface area contributed by atoms with Crippen molar-refractivity contribution in [3.05, 3.63) is 65.5 Å². The van der Waals surface area contributed by atoms with E-state index in [4.69, 9.17) is 17.0 Å². The highest BCUT2D eigenvalue weighted by Crippen LogP contribution is 2.34. The van der Waals surface area contributed by atoms with Gasteiger partial charge in [-0.25, -0.2) is 4.39 Å². The quantitative estimate of drug-likeness (QED) is 0.531. The topological polar surface area (TPSA) is 27.7 Å². The van der Waals surface area contributed by atoms with E-state index < -0.39 is 11.7 Å². The minimum absolute atomic E-state index is 0.0921. The highest BCUT2D eigenvalue weighted by molar-refractivity contribution is 7.80. The fraction of sp³-hybridized carbons (Fsp3) is 0.381. The highest BCUT2D eigenvalue weighted by atomic mass is 32.1. The summed E-state index contributed by atoms with van der Waals surface area (Å²) in [5, 5.41) is 2.94.